The van der Waals surface area contributed by atoms with Gasteiger partial charge in [-0.05, 0) is 38.1 Å². The molecule has 0 unspecified atom stereocenters. The molecule has 1 aliphatic heterocycles. The first-order valence-electron chi connectivity index (χ1n) is 8.17. The van der Waals surface area contributed by atoms with Crippen molar-refractivity contribution in [3.05, 3.63) is 47.3 Å². The molecule has 1 aromatic carbocycles. The zero-order valence-electron chi connectivity index (χ0n) is 14.4. The van der Waals surface area contributed by atoms with Crippen molar-refractivity contribution < 1.29 is 4.79 Å². The number of carbonyl (C=O) groups excluding carboxylic acids is 1. The normalized spacial score (nSPS) is 15.4. The molecule has 0 spiro atoms. The number of nitrogens with one attached hydrogen (secondary N) is 1. The minimum absolute atomic E-state index is 0.00128. The maximum absolute atomic E-state index is 12.5. The maximum Gasteiger partial charge on any atom is 0.257 e. The quantitative estimate of drug-likeness (QED) is 0.937. The third kappa shape index (κ3) is 3.54. The molecule has 1 aliphatic rings. The van der Waals surface area contributed by atoms with E-state index in [0.717, 1.165) is 31.9 Å². The van der Waals surface area contributed by atoms with E-state index in [1.165, 1.54) is 11.1 Å². The minimum atomic E-state index is 0.00128. The third-order valence-corrected chi connectivity index (χ3v) is 4.54. The monoisotopic (exact) mass is 325 g/mol. The van der Waals surface area contributed by atoms with Crippen molar-refractivity contribution in [1.29, 1.82) is 0 Å². The zero-order chi connectivity index (χ0) is 17.1. The van der Waals surface area contributed by atoms with E-state index < -0.39 is 0 Å². The Balaban J connectivity index is 1.69. The second-order valence-corrected chi connectivity index (χ2v) is 6.26. The van der Waals surface area contributed by atoms with Crippen LogP contribution in [0.25, 0.3) is 0 Å². The molecule has 0 atom stereocenters. The molecule has 2 heterocycles. The molecule has 0 radical (unpaired) electrons. The summed E-state index contributed by atoms with van der Waals surface area (Å²) in [6.07, 6.45) is 3.20. The predicted octanol–water partition coefficient (Wildman–Crippen LogP) is 2.22. The van der Waals surface area contributed by atoms with Crippen LogP contribution in [0.4, 0.5) is 11.6 Å². The van der Waals surface area contributed by atoms with E-state index >= 15 is 0 Å². The highest BCUT2D eigenvalue weighted by Gasteiger charge is 2.20. The summed E-state index contributed by atoms with van der Waals surface area (Å²) < 4.78 is 0. The number of aromatic nitrogens is 2. The Labute approximate surface area is 142 Å². The van der Waals surface area contributed by atoms with Crippen molar-refractivity contribution >= 4 is 17.5 Å². The summed E-state index contributed by atoms with van der Waals surface area (Å²) in [5, 5.41) is 3.21. The summed E-state index contributed by atoms with van der Waals surface area (Å²) in [5.74, 6) is 0.500. The van der Waals surface area contributed by atoms with Crippen LogP contribution in [0.2, 0.25) is 0 Å². The summed E-state index contributed by atoms with van der Waals surface area (Å²) >= 11 is 0. The molecule has 1 fully saturated rings. The molecule has 2 aromatic rings. The van der Waals surface area contributed by atoms with Gasteiger partial charge < -0.3 is 15.1 Å². The summed E-state index contributed by atoms with van der Waals surface area (Å²) in [4.78, 5) is 25.2. The standard InChI is InChI=1S/C18H23N5O/c1-13-5-4-6-16(14(13)2)21-18-19-11-15(12-20-18)17(24)23-9-7-22(3)8-10-23/h4-6,11-12H,7-10H2,1-3H3,(H,19,20,21). The minimum Gasteiger partial charge on any atom is -0.336 e. The fraction of sp³-hybridized carbons (Fsp3) is 0.389. The van der Waals surface area contributed by atoms with Crippen LogP contribution in [-0.4, -0.2) is 58.9 Å². The van der Waals surface area contributed by atoms with Crippen molar-refractivity contribution in [3.63, 3.8) is 0 Å². The molecular weight excluding hydrogens is 302 g/mol. The lowest BCUT2D eigenvalue weighted by molar-refractivity contribution is 0.0663. The Bertz CT molecular complexity index is 721. The number of piperazine rings is 1. The number of aryl methyl sites for hydroxylation is 1. The molecule has 6 nitrogen and oxygen atoms in total. The van der Waals surface area contributed by atoms with E-state index in [9.17, 15) is 4.79 Å². The number of nitrogens with zero attached hydrogens (tertiary/aromatic N) is 4. The number of carbonyl (C=O) groups is 1. The average molecular weight is 325 g/mol. The van der Waals surface area contributed by atoms with Gasteiger partial charge in [0.05, 0.1) is 5.56 Å². The van der Waals surface area contributed by atoms with Gasteiger partial charge in [0.25, 0.3) is 5.91 Å². The summed E-state index contributed by atoms with van der Waals surface area (Å²) in [7, 11) is 2.07. The van der Waals surface area contributed by atoms with Crippen LogP contribution < -0.4 is 5.32 Å². The van der Waals surface area contributed by atoms with Crippen LogP contribution in [0.5, 0.6) is 0 Å². The van der Waals surface area contributed by atoms with E-state index in [4.69, 9.17) is 0 Å². The van der Waals surface area contributed by atoms with Gasteiger partial charge in [-0.1, -0.05) is 12.1 Å². The highest BCUT2D eigenvalue weighted by atomic mass is 16.2. The molecule has 1 saturated heterocycles. The number of likely N-dealkylation sites (N-methyl/N-ethyl adjacent to an activating group) is 1. The Morgan fingerprint density at radius 3 is 2.42 bits per heavy atom. The van der Waals surface area contributed by atoms with Gasteiger partial charge in [0, 0.05) is 44.3 Å². The molecule has 3 rings (SSSR count). The Morgan fingerprint density at radius 2 is 1.75 bits per heavy atom. The van der Waals surface area contributed by atoms with Crippen molar-refractivity contribution in [3.8, 4) is 0 Å². The molecule has 0 aliphatic carbocycles. The second kappa shape index (κ2) is 6.97. The van der Waals surface area contributed by atoms with E-state index in [1.54, 1.807) is 12.4 Å². The van der Waals surface area contributed by atoms with Crippen molar-refractivity contribution in [2.75, 3.05) is 38.5 Å². The Morgan fingerprint density at radius 1 is 1.08 bits per heavy atom. The SMILES string of the molecule is Cc1cccc(Nc2ncc(C(=O)N3CCN(C)CC3)cn2)c1C. The highest BCUT2D eigenvalue weighted by molar-refractivity contribution is 5.93. The number of benzene rings is 1. The lowest BCUT2D eigenvalue weighted by atomic mass is 10.1. The van der Waals surface area contributed by atoms with Crippen LogP contribution >= 0.6 is 0 Å². The van der Waals surface area contributed by atoms with Gasteiger partial charge in [-0.25, -0.2) is 9.97 Å². The van der Waals surface area contributed by atoms with Crippen molar-refractivity contribution in [2.45, 2.75) is 13.8 Å². The summed E-state index contributed by atoms with van der Waals surface area (Å²) in [6, 6.07) is 6.06. The first kappa shape index (κ1) is 16.4. The Kier molecular flexibility index (Phi) is 4.76. The fourth-order valence-corrected chi connectivity index (χ4v) is 2.70. The van der Waals surface area contributed by atoms with E-state index in [2.05, 4.69) is 47.1 Å². The molecule has 24 heavy (non-hydrogen) atoms. The van der Waals surface area contributed by atoms with Gasteiger partial charge in [-0.2, -0.15) is 0 Å². The summed E-state index contributed by atoms with van der Waals surface area (Å²) in [6.45, 7) is 7.43. The number of amides is 1. The molecule has 0 saturated carbocycles. The topological polar surface area (TPSA) is 61.4 Å². The molecule has 0 bridgehead atoms. The first-order valence-corrected chi connectivity index (χ1v) is 8.17. The lowest BCUT2D eigenvalue weighted by Crippen LogP contribution is -2.47. The molecular formula is C18H23N5O. The van der Waals surface area contributed by atoms with Crippen LogP contribution in [0, 0.1) is 13.8 Å². The van der Waals surface area contributed by atoms with E-state index in [0.29, 0.717) is 11.5 Å². The predicted molar refractivity (Wildman–Crippen MR) is 94.6 cm³/mol. The van der Waals surface area contributed by atoms with Crippen LogP contribution in [0.15, 0.2) is 30.6 Å². The van der Waals surface area contributed by atoms with Gasteiger partial charge >= 0.3 is 0 Å². The fourth-order valence-electron chi connectivity index (χ4n) is 2.70. The van der Waals surface area contributed by atoms with Gasteiger partial charge in [0.1, 0.15) is 0 Å². The number of hydrogen-bond donors (Lipinski definition) is 1. The van der Waals surface area contributed by atoms with Gasteiger partial charge in [0.15, 0.2) is 0 Å². The van der Waals surface area contributed by atoms with Crippen molar-refractivity contribution in [2.24, 2.45) is 0 Å². The van der Waals surface area contributed by atoms with Gasteiger partial charge in [-0.3, -0.25) is 4.79 Å². The van der Waals surface area contributed by atoms with Gasteiger partial charge in [-0.15, -0.1) is 0 Å². The summed E-state index contributed by atoms with van der Waals surface area (Å²) in [5.41, 5.74) is 3.89. The van der Waals surface area contributed by atoms with E-state index in [1.807, 2.05) is 17.0 Å². The maximum atomic E-state index is 12.5. The first-order chi connectivity index (χ1) is 11.5. The largest absolute Gasteiger partial charge is 0.336 e. The van der Waals surface area contributed by atoms with E-state index in [-0.39, 0.29) is 5.91 Å². The third-order valence-electron chi connectivity index (χ3n) is 4.54. The molecule has 1 aromatic heterocycles. The van der Waals surface area contributed by atoms with Gasteiger partial charge in [0.2, 0.25) is 5.95 Å². The highest BCUT2D eigenvalue weighted by Crippen LogP contribution is 2.20. The zero-order valence-corrected chi connectivity index (χ0v) is 14.4. The van der Waals surface area contributed by atoms with Crippen LogP contribution in [0.1, 0.15) is 21.5 Å². The Hall–Kier alpha value is -2.47. The smallest absolute Gasteiger partial charge is 0.257 e. The molecule has 1 N–H and O–H groups in total. The number of anilines is 2. The van der Waals surface area contributed by atoms with Crippen LogP contribution in [0.3, 0.4) is 0 Å². The second-order valence-electron chi connectivity index (χ2n) is 6.26. The van der Waals surface area contributed by atoms with Crippen molar-refractivity contribution in [1.82, 2.24) is 19.8 Å². The number of rotatable bonds is 3. The lowest BCUT2D eigenvalue weighted by Gasteiger charge is -2.32. The molecule has 6 heteroatoms. The number of hydrogen-bond acceptors (Lipinski definition) is 5. The molecule has 126 valence electrons. The van der Waals surface area contributed by atoms with Crippen LogP contribution in [-0.2, 0) is 0 Å². The molecule has 1 amide bonds. The average Bonchev–Trinajstić information content (AvgIpc) is 2.60.